The van der Waals surface area contributed by atoms with Crippen LogP contribution in [-0.2, 0) is 13.1 Å². The van der Waals surface area contributed by atoms with Crippen LogP contribution in [0, 0.1) is 12.7 Å². The van der Waals surface area contributed by atoms with Gasteiger partial charge in [-0.2, -0.15) is 0 Å². The van der Waals surface area contributed by atoms with Crippen LogP contribution in [0.3, 0.4) is 0 Å². The van der Waals surface area contributed by atoms with Crippen LogP contribution in [-0.4, -0.2) is 23.0 Å². The predicted octanol–water partition coefficient (Wildman–Crippen LogP) is 3.06. The van der Waals surface area contributed by atoms with Crippen molar-refractivity contribution in [3.8, 4) is 0 Å². The Morgan fingerprint density at radius 3 is 2.65 bits per heavy atom. The third-order valence-electron chi connectivity index (χ3n) is 2.95. The van der Waals surface area contributed by atoms with Gasteiger partial charge in [-0.05, 0) is 44.3 Å². The van der Waals surface area contributed by atoms with Gasteiger partial charge < -0.3 is 9.52 Å². The molecule has 4 nitrogen and oxygen atoms in total. The van der Waals surface area contributed by atoms with Crippen molar-refractivity contribution < 1.29 is 18.7 Å². The minimum atomic E-state index is -1.06. The van der Waals surface area contributed by atoms with Gasteiger partial charge in [0.1, 0.15) is 17.3 Å². The highest BCUT2D eigenvalue weighted by molar-refractivity contribution is 5.87. The standard InChI is InChI=1S/C15H16FNO3/c1-10-3-5-13(20-10)9-17(2)8-12-7-11(15(18)19)4-6-14(12)16/h3-7H,8-9H2,1-2H3,(H,18,19). The Labute approximate surface area is 116 Å². The smallest absolute Gasteiger partial charge is 0.335 e. The Morgan fingerprint density at radius 1 is 1.30 bits per heavy atom. The summed E-state index contributed by atoms with van der Waals surface area (Å²) in [5, 5.41) is 8.92. The molecule has 1 aromatic carbocycles. The second-order valence-corrected chi connectivity index (χ2v) is 4.80. The minimum absolute atomic E-state index is 0.0867. The lowest BCUT2D eigenvalue weighted by Gasteiger charge is -2.16. The number of carbonyl (C=O) groups is 1. The van der Waals surface area contributed by atoms with Crippen LogP contribution < -0.4 is 0 Å². The Morgan fingerprint density at radius 2 is 2.05 bits per heavy atom. The number of furan rings is 1. The average molecular weight is 277 g/mol. The molecule has 2 aromatic rings. The van der Waals surface area contributed by atoms with Crippen LogP contribution in [0.2, 0.25) is 0 Å². The summed E-state index contributed by atoms with van der Waals surface area (Å²) in [5.74, 6) is 0.153. The Bertz CT molecular complexity index is 621. The molecule has 106 valence electrons. The lowest BCUT2D eigenvalue weighted by molar-refractivity contribution is 0.0696. The van der Waals surface area contributed by atoms with E-state index in [4.69, 9.17) is 9.52 Å². The Kier molecular flexibility index (Phi) is 4.20. The van der Waals surface area contributed by atoms with E-state index in [-0.39, 0.29) is 5.56 Å². The molecule has 2 rings (SSSR count). The number of hydrogen-bond donors (Lipinski definition) is 1. The van der Waals surface area contributed by atoms with E-state index in [0.717, 1.165) is 11.5 Å². The summed E-state index contributed by atoms with van der Waals surface area (Å²) in [7, 11) is 1.82. The number of halogens is 1. The SMILES string of the molecule is Cc1ccc(CN(C)Cc2cc(C(=O)O)ccc2F)o1. The van der Waals surface area contributed by atoms with Crippen LogP contribution in [0.25, 0.3) is 0 Å². The first-order valence-electron chi connectivity index (χ1n) is 6.21. The number of aryl methyl sites for hydroxylation is 1. The number of benzene rings is 1. The normalized spacial score (nSPS) is 11.0. The predicted molar refractivity (Wildman–Crippen MR) is 72.0 cm³/mol. The largest absolute Gasteiger partial charge is 0.478 e. The van der Waals surface area contributed by atoms with E-state index in [0.29, 0.717) is 18.7 Å². The fraction of sp³-hybridized carbons (Fsp3) is 0.267. The summed E-state index contributed by atoms with van der Waals surface area (Å²) in [6.07, 6.45) is 0. The van der Waals surface area contributed by atoms with Gasteiger partial charge in [-0.1, -0.05) is 0 Å². The number of carboxylic acid groups (broad SMARTS) is 1. The third kappa shape index (κ3) is 3.45. The summed E-state index contributed by atoms with van der Waals surface area (Å²) in [5.41, 5.74) is 0.444. The van der Waals surface area contributed by atoms with Gasteiger partial charge in [-0.3, -0.25) is 4.90 Å². The number of carboxylic acids is 1. The molecule has 0 spiro atoms. The summed E-state index contributed by atoms with van der Waals surface area (Å²) in [4.78, 5) is 12.8. The molecule has 0 saturated heterocycles. The molecule has 5 heteroatoms. The van der Waals surface area contributed by atoms with Gasteiger partial charge in [0.25, 0.3) is 0 Å². The quantitative estimate of drug-likeness (QED) is 0.912. The lowest BCUT2D eigenvalue weighted by atomic mass is 10.1. The molecular formula is C15H16FNO3. The topological polar surface area (TPSA) is 53.7 Å². The van der Waals surface area contributed by atoms with Crippen LogP contribution in [0.1, 0.15) is 27.4 Å². The van der Waals surface area contributed by atoms with Gasteiger partial charge in [0, 0.05) is 12.1 Å². The first-order valence-corrected chi connectivity index (χ1v) is 6.21. The molecule has 1 N–H and O–H groups in total. The van der Waals surface area contributed by atoms with Crippen molar-refractivity contribution in [2.24, 2.45) is 0 Å². The maximum atomic E-state index is 13.7. The maximum absolute atomic E-state index is 13.7. The number of nitrogens with zero attached hydrogens (tertiary/aromatic N) is 1. The molecule has 0 saturated carbocycles. The van der Waals surface area contributed by atoms with E-state index in [1.807, 2.05) is 31.0 Å². The first-order chi connectivity index (χ1) is 9.45. The summed E-state index contributed by atoms with van der Waals surface area (Å²) in [6, 6.07) is 7.55. The van der Waals surface area contributed by atoms with E-state index in [1.165, 1.54) is 18.2 Å². The molecule has 1 aromatic heterocycles. The summed E-state index contributed by atoms with van der Waals surface area (Å²) < 4.78 is 19.1. The van der Waals surface area contributed by atoms with Crippen LogP contribution in [0.5, 0.6) is 0 Å². The fourth-order valence-electron chi connectivity index (χ4n) is 2.01. The molecule has 1 heterocycles. The van der Waals surface area contributed by atoms with Gasteiger partial charge in [0.15, 0.2) is 0 Å². The monoisotopic (exact) mass is 277 g/mol. The molecule has 0 fully saturated rings. The van der Waals surface area contributed by atoms with Gasteiger partial charge in [-0.25, -0.2) is 9.18 Å². The van der Waals surface area contributed by atoms with Crippen molar-refractivity contribution in [2.75, 3.05) is 7.05 Å². The molecule has 0 aliphatic rings. The van der Waals surface area contributed by atoms with Crippen molar-refractivity contribution in [1.29, 1.82) is 0 Å². The van der Waals surface area contributed by atoms with Gasteiger partial charge in [-0.15, -0.1) is 0 Å². The molecule has 0 radical (unpaired) electrons. The van der Waals surface area contributed by atoms with Gasteiger partial charge >= 0.3 is 5.97 Å². The fourth-order valence-corrected chi connectivity index (χ4v) is 2.01. The zero-order chi connectivity index (χ0) is 14.7. The number of hydrogen-bond acceptors (Lipinski definition) is 3. The van der Waals surface area contributed by atoms with E-state index in [9.17, 15) is 9.18 Å². The molecular weight excluding hydrogens is 261 g/mol. The van der Waals surface area contributed by atoms with E-state index in [2.05, 4.69) is 0 Å². The second-order valence-electron chi connectivity index (χ2n) is 4.80. The van der Waals surface area contributed by atoms with E-state index >= 15 is 0 Å². The van der Waals surface area contributed by atoms with E-state index in [1.54, 1.807) is 0 Å². The highest BCUT2D eigenvalue weighted by Crippen LogP contribution is 2.15. The van der Waals surface area contributed by atoms with Gasteiger partial charge in [0.05, 0.1) is 12.1 Å². The highest BCUT2D eigenvalue weighted by Gasteiger charge is 2.11. The van der Waals surface area contributed by atoms with Crippen molar-refractivity contribution >= 4 is 5.97 Å². The summed E-state index contributed by atoms with van der Waals surface area (Å²) >= 11 is 0. The Balaban J connectivity index is 2.08. The van der Waals surface area contributed by atoms with Crippen LogP contribution in [0.15, 0.2) is 34.7 Å². The van der Waals surface area contributed by atoms with Crippen molar-refractivity contribution in [3.63, 3.8) is 0 Å². The van der Waals surface area contributed by atoms with Crippen molar-refractivity contribution in [1.82, 2.24) is 4.90 Å². The zero-order valence-electron chi connectivity index (χ0n) is 11.4. The minimum Gasteiger partial charge on any atom is -0.478 e. The van der Waals surface area contributed by atoms with Gasteiger partial charge in [0.2, 0.25) is 0 Å². The number of aromatic carboxylic acids is 1. The average Bonchev–Trinajstić information content (AvgIpc) is 2.77. The van der Waals surface area contributed by atoms with Crippen molar-refractivity contribution in [2.45, 2.75) is 20.0 Å². The van der Waals surface area contributed by atoms with Crippen LogP contribution >= 0.6 is 0 Å². The molecule has 0 amide bonds. The van der Waals surface area contributed by atoms with E-state index < -0.39 is 11.8 Å². The molecule has 0 aliphatic carbocycles. The third-order valence-corrected chi connectivity index (χ3v) is 2.95. The lowest BCUT2D eigenvalue weighted by Crippen LogP contribution is -2.18. The second kappa shape index (κ2) is 5.88. The molecule has 20 heavy (non-hydrogen) atoms. The molecule has 0 unspecified atom stereocenters. The summed E-state index contributed by atoms with van der Waals surface area (Å²) in [6.45, 7) is 2.71. The first kappa shape index (κ1) is 14.3. The van der Waals surface area contributed by atoms with Crippen molar-refractivity contribution in [3.05, 3.63) is 58.8 Å². The Hall–Kier alpha value is -2.14. The molecule has 0 aliphatic heterocycles. The maximum Gasteiger partial charge on any atom is 0.335 e. The molecule has 0 atom stereocenters. The number of rotatable bonds is 5. The molecule has 0 bridgehead atoms. The highest BCUT2D eigenvalue weighted by atomic mass is 19.1. The zero-order valence-corrected chi connectivity index (χ0v) is 11.4. The van der Waals surface area contributed by atoms with Crippen LogP contribution in [0.4, 0.5) is 4.39 Å².